The largest absolute Gasteiger partial charge is 0.378 e. The molecule has 0 radical (unpaired) electrons. The average molecular weight is 408 g/mol. The maximum absolute atomic E-state index is 13.1. The molecule has 0 bridgehead atoms. The fourth-order valence-electron chi connectivity index (χ4n) is 1.77. The molecule has 0 aromatic heterocycles. The first-order valence-electron chi connectivity index (χ1n) is 5.64. The number of anilines is 1. The van der Waals surface area contributed by atoms with E-state index >= 15 is 0 Å². The molecule has 1 nitrogen and oxygen atoms in total. The van der Waals surface area contributed by atoms with Crippen molar-refractivity contribution in [2.75, 3.05) is 5.32 Å². The SMILES string of the molecule is CC(Nc1ccc(Cl)cc1Br)c1ccc(F)cc1Br. The Kier molecular flexibility index (Phi) is 4.87. The number of hydrogen-bond donors (Lipinski definition) is 1. The molecule has 19 heavy (non-hydrogen) atoms. The first kappa shape index (κ1) is 14.8. The van der Waals surface area contributed by atoms with E-state index in [-0.39, 0.29) is 11.9 Å². The van der Waals surface area contributed by atoms with E-state index in [9.17, 15) is 4.39 Å². The number of benzene rings is 2. The molecule has 0 heterocycles. The Hall–Kier alpha value is -0.580. The van der Waals surface area contributed by atoms with E-state index in [2.05, 4.69) is 37.2 Å². The van der Waals surface area contributed by atoms with Crippen molar-refractivity contribution in [3.63, 3.8) is 0 Å². The molecular weight excluding hydrogens is 396 g/mol. The minimum Gasteiger partial charge on any atom is -0.378 e. The van der Waals surface area contributed by atoms with Crippen LogP contribution in [0.1, 0.15) is 18.5 Å². The summed E-state index contributed by atoms with van der Waals surface area (Å²) >= 11 is 12.7. The second-order valence-electron chi connectivity index (χ2n) is 4.16. The van der Waals surface area contributed by atoms with Gasteiger partial charge in [-0.1, -0.05) is 33.6 Å². The van der Waals surface area contributed by atoms with Gasteiger partial charge >= 0.3 is 0 Å². The highest BCUT2D eigenvalue weighted by Crippen LogP contribution is 2.31. The van der Waals surface area contributed by atoms with Crippen molar-refractivity contribution in [1.82, 2.24) is 0 Å². The van der Waals surface area contributed by atoms with Gasteiger partial charge in [-0.05, 0) is 58.7 Å². The quantitative estimate of drug-likeness (QED) is 0.641. The standard InChI is InChI=1S/C14H11Br2ClFN/c1-8(11-4-3-10(18)7-12(11)15)19-14-5-2-9(17)6-13(14)16/h2-8,19H,1H3. The van der Waals surface area contributed by atoms with Crippen molar-refractivity contribution >= 4 is 49.1 Å². The summed E-state index contributed by atoms with van der Waals surface area (Å²) < 4.78 is 14.7. The minimum atomic E-state index is -0.254. The molecule has 5 heteroatoms. The third-order valence-electron chi connectivity index (χ3n) is 2.73. The maximum atomic E-state index is 13.1. The monoisotopic (exact) mass is 405 g/mol. The fourth-order valence-corrected chi connectivity index (χ4v) is 3.26. The van der Waals surface area contributed by atoms with E-state index < -0.39 is 0 Å². The van der Waals surface area contributed by atoms with Gasteiger partial charge in [-0.25, -0.2) is 4.39 Å². The zero-order valence-corrected chi connectivity index (χ0v) is 14.0. The van der Waals surface area contributed by atoms with Crippen molar-refractivity contribution in [1.29, 1.82) is 0 Å². The molecule has 100 valence electrons. The van der Waals surface area contributed by atoms with Crippen molar-refractivity contribution < 1.29 is 4.39 Å². The molecule has 0 aliphatic rings. The van der Waals surface area contributed by atoms with Crippen LogP contribution in [0.3, 0.4) is 0 Å². The van der Waals surface area contributed by atoms with Crippen molar-refractivity contribution in [2.45, 2.75) is 13.0 Å². The molecule has 0 saturated heterocycles. The second-order valence-corrected chi connectivity index (χ2v) is 6.30. The first-order chi connectivity index (χ1) is 8.97. The lowest BCUT2D eigenvalue weighted by Crippen LogP contribution is -2.08. The predicted octanol–water partition coefficient (Wildman–Crippen LogP) is 6.18. The van der Waals surface area contributed by atoms with Crippen molar-refractivity contribution in [3.8, 4) is 0 Å². The smallest absolute Gasteiger partial charge is 0.124 e. The summed E-state index contributed by atoms with van der Waals surface area (Å²) in [7, 11) is 0. The summed E-state index contributed by atoms with van der Waals surface area (Å²) in [6, 6.07) is 10.3. The summed E-state index contributed by atoms with van der Waals surface area (Å²) in [5.74, 6) is -0.254. The molecule has 1 N–H and O–H groups in total. The fraction of sp³-hybridized carbons (Fsp3) is 0.143. The highest BCUT2D eigenvalue weighted by molar-refractivity contribution is 9.11. The Morgan fingerprint density at radius 1 is 1.11 bits per heavy atom. The Balaban J connectivity index is 2.23. The van der Waals surface area contributed by atoms with Gasteiger partial charge in [-0.15, -0.1) is 0 Å². The Bertz CT molecular complexity index is 604. The van der Waals surface area contributed by atoms with Gasteiger partial charge in [0.1, 0.15) is 5.82 Å². The summed E-state index contributed by atoms with van der Waals surface area (Å²) in [5, 5.41) is 4.03. The van der Waals surface area contributed by atoms with Crippen LogP contribution in [0.2, 0.25) is 5.02 Å². The Morgan fingerprint density at radius 2 is 1.84 bits per heavy atom. The van der Waals surface area contributed by atoms with Crippen LogP contribution in [0, 0.1) is 5.82 Å². The van der Waals surface area contributed by atoms with Crippen LogP contribution in [0.25, 0.3) is 0 Å². The molecule has 2 aromatic rings. The highest BCUT2D eigenvalue weighted by atomic mass is 79.9. The van der Waals surface area contributed by atoms with Gasteiger partial charge in [0.05, 0.1) is 0 Å². The van der Waals surface area contributed by atoms with E-state index in [1.165, 1.54) is 12.1 Å². The molecule has 0 fully saturated rings. The summed E-state index contributed by atoms with van der Waals surface area (Å²) in [6.07, 6.45) is 0. The van der Waals surface area contributed by atoms with Gasteiger partial charge in [0.25, 0.3) is 0 Å². The van der Waals surface area contributed by atoms with Crippen molar-refractivity contribution in [3.05, 3.63) is 61.7 Å². The van der Waals surface area contributed by atoms with E-state index in [4.69, 9.17) is 11.6 Å². The van der Waals surface area contributed by atoms with Gasteiger partial charge in [0, 0.05) is 25.7 Å². The van der Waals surface area contributed by atoms with E-state index in [0.29, 0.717) is 5.02 Å². The zero-order valence-electron chi connectivity index (χ0n) is 10.1. The molecule has 0 saturated carbocycles. The van der Waals surface area contributed by atoms with E-state index in [1.807, 2.05) is 25.1 Å². The van der Waals surface area contributed by atoms with Crippen LogP contribution in [0.5, 0.6) is 0 Å². The van der Waals surface area contributed by atoms with Crippen LogP contribution in [0.15, 0.2) is 45.3 Å². The van der Waals surface area contributed by atoms with Crippen LogP contribution in [-0.2, 0) is 0 Å². The average Bonchev–Trinajstić information content (AvgIpc) is 2.32. The van der Waals surface area contributed by atoms with Crippen molar-refractivity contribution in [2.24, 2.45) is 0 Å². The molecule has 0 amide bonds. The lowest BCUT2D eigenvalue weighted by Gasteiger charge is -2.18. The van der Waals surface area contributed by atoms with Gasteiger partial charge in [-0.3, -0.25) is 0 Å². The highest BCUT2D eigenvalue weighted by Gasteiger charge is 2.11. The zero-order chi connectivity index (χ0) is 14.0. The van der Waals surface area contributed by atoms with Gasteiger partial charge in [0.2, 0.25) is 0 Å². The van der Waals surface area contributed by atoms with E-state index in [0.717, 1.165) is 20.2 Å². The van der Waals surface area contributed by atoms with Gasteiger partial charge < -0.3 is 5.32 Å². The van der Waals surface area contributed by atoms with Crippen LogP contribution in [0.4, 0.5) is 10.1 Å². The number of nitrogens with one attached hydrogen (secondary N) is 1. The topological polar surface area (TPSA) is 12.0 Å². The summed E-state index contributed by atoms with van der Waals surface area (Å²) in [4.78, 5) is 0. The van der Waals surface area contributed by atoms with E-state index in [1.54, 1.807) is 6.07 Å². The first-order valence-corrected chi connectivity index (χ1v) is 7.60. The molecule has 1 atom stereocenters. The molecule has 2 rings (SSSR count). The minimum absolute atomic E-state index is 0.0347. The third-order valence-corrected chi connectivity index (χ3v) is 4.31. The van der Waals surface area contributed by atoms with Gasteiger partial charge in [0.15, 0.2) is 0 Å². The third kappa shape index (κ3) is 3.71. The molecule has 0 aliphatic heterocycles. The maximum Gasteiger partial charge on any atom is 0.124 e. The van der Waals surface area contributed by atoms with Gasteiger partial charge in [-0.2, -0.15) is 0 Å². The van der Waals surface area contributed by atoms with Crippen LogP contribution in [-0.4, -0.2) is 0 Å². The molecule has 0 aliphatic carbocycles. The van der Waals surface area contributed by atoms with Crippen LogP contribution < -0.4 is 5.32 Å². The number of halogens is 4. The normalized spacial score (nSPS) is 12.3. The second kappa shape index (κ2) is 6.25. The predicted molar refractivity (Wildman–Crippen MR) is 85.3 cm³/mol. The molecular formula is C14H11Br2ClFN. The molecule has 0 spiro atoms. The lowest BCUT2D eigenvalue weighted by molar-refractivity contribution is 0.625. The Labute approximate surface area is 133 Å². The summed E-state index contributed by atoms with van der Waals surface area (Å²) in [6.45, 7) is 2.01. The summed E-state index contributed by atoms with van der Waals surface area (Å²) in [5.41, 5.74) is 1.93. The molecule has 2 aromatic carbocycles. The molecule has 1 unspecified atom stereocenters. The number of hydrogen-bond acceptors (Lipinski definition) is 1. The Morgan fingerprint density at radius 3 is 2.47 bits per heavy atom. The lowest BCUT2D eigenvalue weighted by atomic mass is 10.1. The number of rotatable bonds is 3. The van der Waals surface area contributed by atoms with Crippen LogP contribution >= 0.6 is 43.5 Å².